The first kappa shape index (κ1) is 15.8. The van der Waals surface area contributed by atoms with E-state index in [1.54, 1.807) is 0 Å². The van der Waals surface area contributed by atoms with Gasteiger partial charge in [-0.25, -0.2) is 0 Å². The zero-order valence-corrected chi connectivity index (χ0v) is 14.1. The zero-order valence-electron chi connectivity index (χ0n) is 12.5. The molecular formula is C16H20BrN3O. The summed E-state index contributed by atoms with van der Waals surface area (Å²) in [6.07, 6.45) is 1.15. The molecule has 0 aliphatic carbocycles. The fourth-order valence-electron chi connectivity index (χ4n) is 1.93. The van der Waals surface area contributed by atoms with Crippen LogP contribution in [0.2, 0.25) is 0 Å². The van der Waals surface area contributed by atoms with Crippen molar-refractivity contribution in [2.45, 2.75) is 39.0 Å². The van der Waals surface area contributed by atoms with E-state index in [1.807, 2.05) is 30.3 Å². The molecule has 2 N–H and O–H groups in total. The second-order valence-corrected chi connectivity index (χ2v) is 7.01. The third kappa shape index (κ3) is 4.70. The molecule has 112 valence electrons. The molecule has 0 saturated carbocycles. The van der Waals surface area contributed by atoms with Crippen LogP contribution in [0.15, 0.2) is 34.8 Å². The topological polar surface area (TPSA) is 57.8 Å². The maximum atomic E-state index is 12.0. The van der Waals surface area contributed by atoms with Gasteiger partial charge in [-0.3, -0.25) is 9.89 Å². The normalized spacial score (nSPS) is 11.4. The van der Waals surface area contributed by atoms with Crippen LogP contribution in [0, 0.1) is 0 Å². The predicted octanol–water partition coefficient (Wildman–Crippen LogP) is 4.04. The summed E-state index contributed by atoms with van der Waals surface area (Å²) in [6, 6.07) is 9.88. The van der Waals surface area contributed by atoms with Crippen molar-refractivity contribution in [3.8, 4) is 0 Å². The molecule has 1 aromatic carbocycles. The van der Waals surface area contributed by atoms with Crippen LogP contribution in [0.5, 0.6) is 0 Å². The lowest BCUT2D eigenvalue weighted by atomic mass is 9.92. The van der Waals surface area contributed by atoms with Crippen molar-refractivity contribution >= 4 is 27.7 Å². The molecular weight excluding hydrogens is 330 g/mol. The van der Waals surface area contributed by atoms with E-state index in [0.717, 1.165) is 15.7 Å². The standard InChI is InChI=1S/C16H20BrN3O/c1-16(2,3)13-10-14(20-19-13)18-15(21)8-7-11-5-4-6-12(17)9-11/h4-6,9-10H,7-8H2,1-3H3,(H2,18,19,20,21). The molecule has 5 heteroatoms. The average Bonchev–Trinajstić information content (AvgIpc) is 2.85. The lowest BCUT2D eigenvalue weighted by Gasteiger charge is -2.14. The lowest BCUT2D eigenvalue weighted by molar-refractivity contribution is -0.116. The number of carbonyl (C=O) groups excluding carboxylic acids is 1. The van der Waals surface area contributed by atoms with Gasteiger partial charge in [0.1, 0.15) is 0 Å². The van der Waals surface area contributed by atoms with Crippen molar-refractivity contribution < 1.29 is 4.79 Å². The van der Waals surface area contributed by atoms with E-state index in [9.17, 15) is 4.79 Å². The number of amides is 1. The SMILES string of the molecule is CC(C)(C)c1cc(NC(=O)CCc2cccc(Br)c2)n[nH]1. The van der Waals surface area contributed by atoms with Gasteiger partial charge in [-0.2, -0.15) is 5.10 Å². The number of aromatic amines is 1. The van der Waals surface area contributed by atoms with Crippen molar-refractivity contribution in [3.05, 3.63) is 46.1 Å². The van der Waals surface area contributed by atoms with E-state index in [4.69, 9.17) is 0 Å². The Bertz CT molecular complexity index is 628. The number of H-pyrrole nitrogens is 1. The average molecular weight is 350 g/mol. The fraction of sp³-hybridized carbons (Fsp3) is 0.375. The van der Waals surface area contributed by atoms with Crippen molar-refractivity contribution in [1.29, 1.82) is 0 Å². The second kappa shape index (κ2) is 6.43. The van der Waals surface area contributed by atoms with Crippen molar-refractivity contribution in [1.82, 2.24) is 10.2 Å². The Morgan fingerprint density at radius 3 is 2.71 bits per heavy atom. The highest BCUT2D eigenvalue weighted by molar-refractivity contribution is 9.10. The Morgan fingerprint density at radius 2 is 2.10 bits per heavy atom. The summed E-state index contributed by atoms with van der Waals surface area (Å²) in [5.74, 6) is 0.557. The first-order valence-corrected chi connectivity index (χ1v) is 7.74. The molecule has 0 saturated heterocycles. The Morgan fingerprint density at radius 1 is 1.33 bits per heavy atom. The second-order valence-electron chi connectivity index (χ2n) is 6.09. The summed E-state index contributed by atoms with van der Waals surface area (Å²) >= 11 is 3.43. The van der Waals surface area contributed by atoms with Crippen LogP contribution in [-0.4, -0.2) is 16.1 Å². The minimum atomic E-state index is -0.0260. The molecule has 2 rings (SSSR count). The van der Waals surface area contributed by atoms with Crippen LogP contribution in [0.4, 0.5) is 5.82 Å². The predicted molar refractivity (Wildman–Crippen MR) is 88.4 cm³/mol. The maximum Gasteiger partial charge on any atom is 0.225 e. The minimum Gasteiger partial charge on any atom is -0.309 e. The smallest absolute Gasteiger partial charge is 0.225 e. The Labute approximate surface area is 133 Å². The van der Waals surface area contributed by atoms with E-state index < -0.39 is 0 Å². The van der Waals surface area contributed by atoms with Gasteiger partial charge in [0.15, 0.2) is 5.82 Å². The number of halogens is 1. The van der Waals surface area contributed by atoms with Gasteiger partial charge in [-0.1, -0.05) is 48.8 Å². The van der Waals surface area contributed by atoms with E-state index in [1.165, 1.54) is 0 Å². The molecule has 0 aliphatic heterocycles. The fourth-order valence-corrected chi connectivity index (χ4v) is 2.37. The van der Waals surface area contributed by atoms with Gasteiger partial charge in [0, 0.05) is 28.1 Å². The van der Waals surface area contributed by atoms with Gasteiger partial charge < -0.3 is 5.32 Å². The molecule has 21 heavy (non-hydrogen) atoms. The summed E-state index contributed by atoms with van der Waals surface area (Å²) in [7, 11) is 0. The highest BCUT2D eigenvalue weighted by Gasteiger charge is 2.17. The molecule has 1 amide bonds. The number of nitrogens with one attached hydrogen (secondary N) is 2. The van der Waals surface area contributed by atoms with Gasteiger partial charge >= 0.3 is 0 Å². The van der Waals surface area contributed by atoms with Gasteiger partial charge in [0.05, 0.1) is 0 Å². The number of benzene rings is 1. The zero-order chi connectivity index (χ0) is 15.5. The van der Waals surface area contributed by atoms with Gasteiger partial charge in [0.2, 0.25) is 5.91 Å². The highest BCUT2D eigenvalue weighted by atomic mass is 79.9. The molecule has 2 aromatic rings. The molecule has 0 bridgehead atoms. The van der Waals surface area contributed by atoms with Crippen LogP contribution >= 0.6 is 15.9 Å². The number of carbonyl (C=O) groups is 1. The Balaban J connectivity index is 1.89. The van der Waals surface area contributed by atoms with Gasteiger partial charge in [-0.05, 0) is 24.1 Å². The molecule has 0 aliphatic rings. The number of aromatic nitrogens is 2. The van der Waals surface area contributed by atoms with Crippen LogP contribution in [-0.2, 0) is 16.6 Å². The number of anilines is 1. The minimum absolute atomic E-state index is 0.00765. The van der Waals surface area contributed by atoms with Crippen LogP contribution in [0.25, 0.3) is 0 Å². The lowest BCUT2D eigenvalue weighted by Crippen LogP contribution is -2.13. The maximum absolute atomic E-state index is 12.0. The Hall–Kier alpha value is -1.62. The molecule has 0 radical (unpaired) electrons. The summed E-state index contributed by atoms with van der Waals surface area (Å²) in [4.78, 5) is 12.0. The van der Waals surface area contributed by atoms with Gasteiger partial charge in [-0.15, -0.1) is 0 Å². The van der Waals surface area contributed by atoms with Gasteiger partial charge in [0.25, 0.3) is 0 Å². The summed E-state index contributed by atoms with van der Waals surface area (Å²) in [6.45, 7) is 6.29. The first-order valence-electron chi connectivity index (χ1n) is 6.95. The summed E-state index contributed by atoms with van der Waals surface area (Å²) in [5, 5.41) is 9.91. The van der Waals surface area contributed by atoms with E-state index >= 15 is 0 Å². The largest absolute Gasteiger partial charge is 0.309 e. The summed E-state index contributed by atoms with van der Waals surface area (Å²) in [5.41, 5.74) is 2.13. The highest BCUT2D eigenvalue weighted by Crippen LogP contribution is 2.22. The molecule has 0 atom stereocenters. The van der Waals surface area contributed by atoms with Crippen molar-refractivity contribution in [3.63, 3.8) is 0 Å². The van der Waals surface area contributed by atoms with Crippen molar-refractivity contribution in [2.75, 3.05) is 5.32 Å². The number of hydrogen-bond donors (Lipinski definition) is 2. The third-order valence-electron chi connectivity index (χ3n) is 3.18. The summed E-state index contributed by atoms with van der Waals surface area (Å²) < 4.78 is 1.03. The van der Waals surface area contributed by atoms with E-state index in [2.05, 4.69) is 52.2 Å². The number of nitrogens with zero attached hydrogens (tertiary/aromatic N) is 1. The number of aryl methyl sites for hydroxylation is 1. The molecule has 1 heterocycles. The molecule has 0 unspecified atom stereocenters. The molecule has 1 aromatic heterocycles. The number of hydrogen-bond acceptors (Lipinski definition) is 2. The van der Waals surface area contributed by atoms with Crippen LogP contribution in [0.1, 0.15) is 38.4 Å². The molecule has 4 nitrogen and oxygen atoms in total. The molecule has 0 spiro atoms. The van der Waals surface area contributed by atoms with Crippen molar-refractivity contribution in [2.24, 2.45) is 0 Å². The monoisotopic (exact) mass is 349 g/mol. The van der Waals surface area contributed by atoms with Crippen LogP contribution in [0.3, 0.4) is 0 Å². The number of rotatable bonds is 4. The molecule has 0 fully saturated rings. The van der Waals surface area contributed by atoms with Crippen LogP contribution < -0.4 is 5.32 Å². The Kier molecular flexibility index (Phi) is 4.83. The van der Waals surface area contributed by atoms with E-state index in [-0.39, 0.29) is 11.3 Å². The van der Waals surface area contributed by atoms with E-state index in [0.29, 0.717) is 18.7 Å². The quantitative estimate of drug-likeness (QED) is 0.874. The first-order chi connectivity index (χ1) is 9.84. The third-order valence-corrected chi connectivity index (χ3v) is 3.68.